The van der Waals surface area contributed by atoms with Crippen LogP contribution in [0.1, 0.15) is 18.9 Å². The quantitative estimate of drug-likeness (QED) is 0.906. The Balaban J connectivity index is 1.94. The molecule has 1 aromatic rings. The van der Waals surface area contributed by atoms with Crippen LogP contribution >= 0.6 is 15.9 Å². The van der Waals surface area contributed by atoms with Crippen molar-refractivity contribution in [3.8, 4) is 5.75 Å². The van der Waals surface area contributed by atoms with Crippen molar-refractivity contribution in [3.05, 3.63) is 28.2 Å². The van der Waals surface area contributed by atoms with Crippen LogP contribution < -0.4 is 10.1 Å². The molecule has 1 atom stereocenters. The maximum absolute atomic E-state index is 5.71. The highest BCUT2D eigenvalue weighted by Crippen LogP contribution is 2.27. The molecule has 4 heteroatoms. The Morgan fingerprint density at radius 3 is 3.06 bits per heavy atom. The van der Waals surface area contributed by atoms with Crippen LogP contribution in [0.3, 0.4) is 0 Å². The number of nitrogens with one attached hydrogen (secondary N) is 1. The van der Waals surface area contributed by atoms with Gasteiger partial charge in [0, 0.05) is 13.1 Å². The van der Waals surface area contributed by atoms with E-state index in [-0.39, 0.29) is 6.10 Å². The molecular formula is C14H20BrNO2. The molecule has 0 saturated carbocycles. The molecule has 0 radical (unpaired) electrons. The molecule has 0 unspecified atom stereocenters. The summed E-state index contributed by atoms with van der Waals surface area (Å²) in [7, 11) is 0. The van der Waals surface area contributed by atoms with Gasteiger partial charge in [-0.05, 0) is 46.5 Å². The van der Waals surface area contributed by atoms with Gasteiger partial charge in [-0.15, -0.1) is 0 Å². The number of benzene rings is 1. The number of rotatable bonds is 5. The van der Waals surface area contributed by atoms with Gasteiger partial charge in [-0.25, -0.2) is 0 Å². The van der Waals surface area contributed by atoms with Gasteiger partial charge in [-0.1, -0.05) is 13.0 Å². The van der Waals surface area contributed by atoms with Crippen LogP contribution in [0, 0.1) is 0 Å². The van der Waals surface area contributed by atoms with E-state index in [0.717, 1.165) is 49.4 Å². The van der Waals surface area contributed by atoms with E-state index >= 15 is 0 Å². The lowest BCUT2D eigenvalue weighted by Gasteiger charge is -2.23. The lowest BCUT2D eigenvalue weighted by Crippen LogP contribution is -2.39. The third-order valence-electron chi connectivity index (χ3n) is 2.93. The first kappa shape index (κ1) is 13.8. The van der Waals surface area contributed by atoms with Gasteiger partial charge in [0.25, 0.3) is 0 Å². The van der Waals surface area contributed by atoms with Crippen LogP contribution in [-0.4, -0.2) is 32.4 Å². The fourth-order valence-electron chi connectivity index (χ4n) is 2.01. The van der Waals surface area contributed by atoms with Gasteiger partial charge in [0.2, 0.25) is 0 Å². The van der Waals surface area contributed by atoms with Crippen molar-refractivity contribution in [2.45, 2.75) is 25.9 Å². The summed E-state index contributed by atoms with van der Waals surface area (Å²) in [5.74, 6) is 0.920. The molecule has 0 aromatic heterocycles. The Morgan fingerprint density at radius 2 is 2.39 bits per heavy atom. The third kappa shape index (κ3) is 3.97. The third-order valence-corrected chi connectivity index (χ3v) is 3.55. The van der Waals surface area contributed by atoms with Crippen molar-refractivity contribution in [2.24, 2.45) is 0 Å². The molecule has 2 rings (SSSR count). The van der Waals surface area contributed by atoms with E-state index in [1.807, 2.05) is 6.07 Å². The maximum atomic E-state index is 5.71. The Kier molecular flexibility index (Phi) is 5.47. The zero-order valence-electron chi connectivity index (χ0n) is 10.7. The second kappa shape index (κ2) is 7.12. The standard InChI is InChI=1S/C14H20BrNO2/c1-2-6-18-14-4-3-11(9-13(14)15)8-12-10-16-5-7-17-12/h3-4,9,12,16H,2,5-8,10H2,1H3/t12-/m1/s1. The molecule has 1 aromatic carbocycles. The summed E-state index contributed by atoms with van der Waals surface area (Å²) in [4.78, 5) is 0. The highest BCUT2D eigenvalue weighted by Gasteiger charge is 2.14. The van der Waals surface area contributed by atoms with Crippen LogP contribution in [0.5, 0.6) is 5.75 Å². The normalized spacial score (nSPS) is 19.8. The lowest BCUT2D eigenvalue weighted by atomic mass is 10.1. The summed E-state index contributed by atoms with van der Waals surface area (Å²) in [5.41, 5.74) is 1.28. The predicted molar refractivity (Wildman–Crippen MR) is 76.2 cm³/mol. The molecule has 1 saturated heterocycles. The van der Waals surface area contributed by atoms with Gasteiger partial charge in [0.05, 0.1) is 23.8 Å². The Morgan fingerprint density at radius 1 is 1.50 bits per heavy atom. The summed E-state index contributed by atoms with van der Waals surface area (Å²) in [6, 6.07) is 6.28. The Bertz CT molecular complexity index is 378. The minimum absolute atomic E-state index is 0.285. The molecule has 3 nitrogen and oxygen atoms in total. The second-order valence-electron chi connectivity index (χ2n) is 4.51. The molecular weight excluding hydrogens is 294 g/mol. The second-order valence-corrected chi connectivity index (χ2v) is 5.37. The number of ether oxygens (including phenoxy) is 2. The molecule has 1 heterocycles. The van der Waals surface area contributed by atoms with E-state index in [0.29, 0.717) is 0 Å². The number of hydrogen-bond acceptors (Lipinski definition) is 3. The molecule has 0 amide bonds. The zero-order valence-corrected chi connectivity index (χ0v) is 12.3. The van der Waals surface area contributed by atoms with Crippen molar-refractivity contribution in [1.29, 1.82) is 0 Å². The van der Waals surface area contributed by atoms with Crippen molar-refractivity contribution >= 4 is 15.9 Å². The molecule has 1 aliphatic rings. The van der Waals surface area contributed by atoms with Gasteiger partial charge < -0.3 is 14.8 Å². The number of halogens is 1. The minimum atomic E-state index is 0.285. The molecule has 18 heavy (non-hydrogen) atoms. The minimum Gasteiger partial charge on any atom is -0.492 e. The van der Waals surface area contributed by atoms with Crippen LogP contribution in [0.2, 0.25) is 0 Å². The first-order valence-electron chi connectivity index (χ1n) is 6.53. The molecule has 1 aliphatic heterocycles. The van der Waals surface area contributed by atoms with Crippen LogP contribution in [0.25, 0.3) is 0 Å². The summed E-state index contributed by atoms with van der Waals surface area (Å²) in [6.45, 7) is 5.57. The smallest absolute Gasteiger partial charge is 0.133 e. The largest absolute Gasteiger partial charge is 0.492 e. The van der Waals surface area contributed by atoms with Crippen molar-refractivity contribution in [3.63, 3.8) is 0 Å². The van der Waals surface area contributed by atoms with Crippen molar-refractivity contribution < 1.29 is 9.47 Å². The van der Waals surface area contributed by atoms with Crippen molar-refractivity contribution in [1.82, 2.24) is 5.32 Å². The van der Waals surface area contributed by atoms with E-state index in [2.05, 4.69) is 40.3 Å². The van der Waals surface area contributed by atoms with Gasteiger partial charge in [-0.2, -0.15) is 0 Å². The van der Waals surface area contributed by atoms with E-state index in [1.165, 1.54) is 5.56 Å². The van der Waals surface area contributed by atoms with Crippen molar-refractivity contribution in [2.75, 3.05) is 26.3 Å². The average molecular weight is 314 g/mol. The molecule has 0 spiro atoms. The van der Waals surface area contributed by atoms with E-state index < -0.39 is 0 Å². The SMILES string of the molecule is CCCOc1ccc(C[C@@H]2CNCCO2)cc1Br. The maximum Gasteiger partial charge on any atom is 0.133 e. The van der Waals surface area contributed by atoms with E-state index in [9.17, 15) is 0 Å². The summed E-state index contributed by atoms with van der Waals surface area (Å²) in [5, 5.41) is 3.35. The highest BCUT2D eigenvalue weighted by molar-refractivity contribution is 9.10. The monoisotopic (exact) mass is 313 g/mol. The van der Waals surface area contributed by atoms with Gasteiger partial charge in [-0.3, -0.25) is 0 Å². The molecule has 0 bridgehead atoms. The fourth-order valence-corrected chi connectivity index (χ4v) is 2.55. The fraction of sp³-hybridized carbons (Fsp3) is 0.571. The van der Waals surface area contributed by atoms with E-state index in [4.69, 9.17) is 9.47 Å². The zero-order chi connectivity index (χ0) is 12.8. The first-order chi connectivity index (χ1) is 8.79. The van der Waals surface area contributed by atoms with Crippen LogP contribution in [-0.2, 0) is 11.2 Å². The topological polar surface area (TPSA) is 30.5 Å². The Labute approximate surface area is 117 Å². The van der Waals surface area contributed by atoms with Crippen LogP contribution in [0.4, 0.5) is 0 Å². The summed E-state index contributed by atoms with van der Waals surface area (Å²) < 4.78 is 12.4. The molecule has 1 N–H and O–H groups in total. The van der Waals surface area contributed by atoms with Gasteiger partial charge in [0.1, 0.15) is 5.75 Å². The van der Waals surface area contributed by atoms with Gasteiger partial charge >= 0.3 is 0 Å². The molecule has 0 aliphatic carbocycles. The van der Waals surface area contributed by atoms with Gasteiger partial charge in [0.15, 0.2) is 0 Å². The average Bonchev–Trinajstić information content (AvgIpc) is 2.39. The highest BCUT2D eigenvalue weighted by atomic mass is 79.9. The predicted octanol–water partition coefficient (Wildman–Crippen LogP) is 2.77. The molecule has 100 valence electrons. The first-order valence-corrected chi connectivity index (χ1v) is 7.32. The summed E-state index contributed by atoms with van der Waals surface area (Å²) in [6.07, 6.45) is 2.25. The van der Waals surface area contributed by atoms with Crippen LogP contribution in [0.15, 0.2) is 22.7 Å². The Hall–Kier alpha value is -0.580. The molecule has 1 fully saturated rings. The number of hydrogen-bond donors (Lipinski definition) is 1. The number of morpholine rings is 1. The summed E-state index contributed by atoms with van der Waals surface area (Å²) >= 11 is 3.56. The lowest BCUT2D eigenvalue weighted by molar-refractivity contribution is 0.0292. The van der Waals surface area contributed by atoms with E-state index in [1.54, 1.807) is 0 Å².